The second kappa shape index (κ2) is 6.48. The summed E-state index contributed by atoms with van der Waals surface area (Å²) in [6.45, 7) is 6.30. The van der Waals surface area contributed by atoms with Gasteiger partial charge in [0, 0.05) is 29.1 Å². The Labute approximate surface area is 108 Å². The van der Waals surface area contributed by atoms with Crippen LogP contribution in [0.1, 0.15) is 18.9 Å². The van der Waals surface area contributed by atoms with Crippen LogP contribution < -0.4 is 4.90 Å². The lowest BCUT2D eigenvalue weighted by Gasteiger charge is -2.21. The van der Waals surface area contributed by atoms with Gasteiger partial charge in [-0.25, -0.2) is 4.98 Å². The first-order chi connectivity index (χ1) is 7.19. The molecule has 0 fully saturated rings. The van der Waals surface area contributed by atoms with Crippen LogP contribution in [0.25, 0.3) is 0 Å². The van der Waals surface area contributed by atoms with Crippen molar-refractivity contribution in [2.24, 2.45) is 0 Å². The number of hydrogen-bond donors (Lipinski definition) is 0. The first-order valence-electron chi connectivity index (χ1n) is 5.12. The summed E-state index contributed by atoms with van der Waals surface area (Å²) in [6.07, 6.45) is 3.02. The molecule has 0 bridgehead atoms. The lowest BCUT2D eigenvalue weighted by Crippen LogP contribution is -2.25. The summed E-state index contributed by atoms with van der Waals surface area (Å²) in [5.41, 5.74) is 1.23. The van der Waals surface area contributed by atoms with Crippen molar-refractivity contribution in [3.05, 3.63) is 22.3 Å². The summed E-state index contributed by atoms with van der Waals surface area (Å²) in [6, 6.07) is 2.13. The Morgan fingerprint density at radius 1 is 1.47 bits per heavy atom. The van der Waals surface area contributed by atoms with Crippen LogP contribution in [-0.2, 0) is 0 Å². The highest BCUT2D eigenvalue weighted by Gasteiger charge is 2.06. The van der Waals surface area contributed by atoms with E-state index in [1.807, 2.05) is 6.20 Å². The van der Waals surface area contributed by atoms with E-state index >= 15 is 0 Å². The van der Waals surface area contributed by atoms with Gasteiger partial charge in [0.25, 0.3) is 0 Å². The van der Waals surface area contributed by atoms with Crippen molar-refractivity contribution in [1.29, 1.82) is 0 Å². The van der Waals surface area contributed by atoms with E-state index in [0.29, 0.717) is 0 Å². The Bertz CT molecular complexity index is 315. The Hall–Kier alpha value is -0.0900. The van der Waals surface area contributed by atoms with Gasteiger partial charge >= 0.3 is 0 Å². The van der Waals surface area contributed by atoms with Crippen LogP contribution in [0.2, 0.25) is 0 Å². The number of aryl methyl sites for hydroxylation is 1. The molecule has 0 aliphatic rings. The third kappa shape index (κ3) is 3.76. The van der Waals surface area contributed by atoms with Crippen LogP contribution in [-0.4, -0.2) is 23.4 Å². The highest BCUT2D eigenvalue weighted by Crippen LogP contribution is 2.20. The van der Waals surface area contributed by atoms with Gasteiger partial charge in [-0.2, -0.15) is 0 Å². The van der Waals surface area contributed by atoms with Crippen molar-refractivity contribution >= 4 is 37.7 Å². The minimum absolute atomic E-state index is 1.00. The Morgan fingerprint density at radius 3 is 2.73 bits per heavy atom. The molecule has 0 amide bonds. The van der Waals surface area contributed by atoms with E-state index in [4.69, 9.17) is 0 Å². The average molecular weight is 336 g/mol. The largest absolute Gasteiger partial charge is 0.357 e. The number of aromatic nitrogens is 1. The van der Waals surface area contributed by atoms with Crippen molar-refractivity contribution in [3.8, 4) is 0 Å². The lowest BCUT2D eigenvalue weighted by molar-refractivity contribution is 0.784. The Morgan fingerprint density at radius 2 is 2.20 bits per heavy atom. The molecule has 0 spiro atoms. The molecule has 0 atom stereocenters. The third-order valence-corrected chi connectivity index (χ3v) is 3.69. The molecule has 0 aliphatic heterocycles. The van der Waals surface area contributed by atoms with E-state index in [1.54, 1.807) is 0 Å². The number of hydrogen-bond acceptors (Lipinski definition) is 2. The van der Waals surface area contributed by atoms with Gasteiger partial charge in [-0.05, 0) is 47.8 Å². The van der Waals surface area contributed by atoms with Gasteiger partial charge in [-0.1, -0.05) is 15.9 Å². The van der Waals surface area contributed by atoms with Crippen LogP contribution in [0.4, 0.5) is 5.82 Å². The molecule has 0 N–H and O–H groups in total. The molecule has 0 unspecified atom stereocenters. The van der Waals surface area contributed by atoms with Gasteiger partial charge in [-0.15, -0.1) is 0 Å². The Kier molecular flexibility index (Phi) is 5.61. The summed E-state index contributed by atoms with van der Waals surface area (Å²) < 4.78 is 1.07. The summed E-state index contributed by atoms with van der Waals surface area (Å²) in [5, 5.41) is 1.04. The van der Waals surface area contributed by atoms with E-state index < -0.39 is 0 Å². The van der Waals surface area contributed by atoms with E-state index in [2.05, 4.69) is 61.7 Å². The zero-order valence-electron chi connectivity index (χ0n) is 9.13. The summed E-state index contributed by atoms with van der Waals surface area (Å²) in [4.78, 5) is 6.72. The molecule has 84 valence electrons. The fourth-order valence-corrected chi connectivity index (χ4v) is 1.85. The molecule has 0 aromatic carbocycles. The fraction of sp³-hybridized carbons (Fsp3) is 0.545. The predicted octanol–water partition coefficient (Wildman–Crippen LogP) is 3.76. The molecule has 1 rings (SSSR count). The predicted molar refractivity (Wildman–Crippen MR) is 73.0 cm³/mol. The molecular formula is C11H16Br2N2. The van der Waals surface area contributed by atoms with Crippen molar-refractivity contribution in [2.75, 3.05) is 23.3 Å². The van der Waals surface area contributed by atoms with Crippen LogP contribution >= 0.6 is 31.9 Å². The molecule has 15 heavy (non-hydrogen) atoms. The minimum Gasteiger partial charge on any atom is -0.357 e. The molecule has 0 saturated carbocycles. The third-order valence-electron chi connectivity index (χ3n) is 2.30. The maximum absolute atomic E-state index is 4.43. The van der Waals surface area contributed by atoms with Crippen LogP contribution in [0, 0.1) is 6.92 Å². The standard InChI is InChI=1S/C11H16Br2N2/c1-3-15(6-4-5-12)11-7-9(2)10(13)8-14-11/h7-8H,3-6H2,1-2H3. The van der Waals surface area contributed by atoms with Crippen molar-refractivity contribution in [2.45, 2.75) is 20.3 Å². The van der Waals surface area contributed by atoms with Crippen LogP contribution in [0.5, 0.6) is 0 Å². The summed E-state index contributed by atoms with van der Waals surface area (Å²) >= 11 is 6.92. The quantitative estimate of drug-likeness (QED) is 0.761. The summed E-state index contributed by atoms with van der Waals surface area (Å²) in [5.74, 6) is 1.07. The minimum atomic E-state index is 1.00. The monoisotopic (exact) mass is 334 g/mol. The number of anilines is 1. The number of pyridine rings is 1. The molecule has 1 aromatic rings. The second-order valence-electron chi connectivity index (χ2n) is 3.41. The molecule has 0 saturated heterocycles. The highest BCUT2D eigenvalue weighted by atomic mass is 79.9. The topological polar surface area (TPSA) is 16.1 Å². The lowest BCUT2D eigenvalue weighted by atomic mass is 10.3. The van der Waals surface area contributed by atoms with Crippen LogP contribution in [0.3, 0.4) is 0 Å². The van der Waals surface area contributed by atoms with Gasteiger partial charge in [0.1, 0.15) is 5.82 Å². The molecule has 2 nitrogen and oxygen atoms in total. The highest BCUT2D eigenvalue weighted by molar-refractivity contribution is 9.10. The van der Waals surface area contributed by atoms with Crippen molar-refractivity contribution in [1.82, 2.24) is 4.98 Å². The van der Waals surface area contributed by atoms with Gasteiger partial charge in [0.15, 0.2) is 0 Å². The first-order valence-corrected chi connectivity index (χ1v) is 7.03. The van der Waals surface area contributed by atoms with Crippen LogP contribution in [0.15, 0.2) is 16.7 Å². The maximum Gasteiger partial charge on any atom is 0.128 e. The van der Waals surface area contributed by atoms with Gasteiger partial charge < -0.3 is 4.90 Å². The molecule has 1 aromatic heterocycles. The number of alkyl halides is 1. The zero-order chi connectivity index (χ0) is 11.3. The SMILES string of the molecule is CCN(CCCBr)c1cc(C)c(Br)cn1. The zero-order valence-corrected chi connectivity index (χ0v) is 12.3. The van der Waals surface area contributed by atoms with E-state index in [-0.39, 0.29) is 0 Å². The van der Waals surface area contributed by atoms with E-state index in [0.717, 1.165) is 35.1 Å². The molecule has 0 radical (unpaired) electrons. The van der Waals surface area contributed by atoms with Gasteiger partial charge in [0.05, 0.1) is 0 Å². The Balaban J connectivity index is 2.78. The van der Waals surface area contributed by atoms with Gasteiger partial charge in [0.2, 0.25) is 0 Å². The smallest absolute Gasteiger partial charge is 0.128 e. The summed E-state index contributed by atoms with van der Waals surface area (Å²) in [7, 11) is 0. The average Bonchev–Trinajstić information content (AvgIpc) is 2.24. The molecule has 4 heteroatoms. The van der Waals surface area contributed by atoms with E-state index in [9.17, 15) is 0 Å². The number of halogens is 2. The number of nitrogens with zero attached hydrogens (tertiary/aromatic N) is 2. The molecule has 1 heterocycles. The molecule has 0 aliphatic carbocycles. The fourth-order valence-electron chi connectivity index (χ4n) is 1.38. The number of rotatable bonds is 5. The normalized spacial score (nSPS) is 10.4. The van der Waals surface area contributed by atoms with Crippen molar-refractivity contribution < 1.29 is 0 Å². The first kappa shape index (κ1) is 13.0. The maximum atomic E-state index is 4.43. The van der Waals surface area contributed by atoms with E-state index in [1.165, 1.54) is 5.56 Å². The van der Waals surface area contributed by atoms with Crippen molar-refractivity contribution in [3.63, 3.8) is 0 Å². The second-order valence-corrected chi connectivity index (χ2v) is 5.06. The molecular weight excluding hydrogens is 320 g/mol. The van der Waals surface area contributed by atoms with Gasteiger partial charge in [-0.3, -0.25) is 0 Å².